The zero-order valence-corrected chi connectivity index (χ0v) is 13.2. The standard InChI is InChI=1S/C14H14FNO3S2/c1-3-20-10-6-4-5-8(15)11(10)13-16-9(7-19-2)12(21-13)14(17)18/h4-6H,3,7H2,1-2H3,(H,17,18). The fraction of sp³-hybridized carbons (Fsp3) is 0.286. The molecule has 0 radical (unpaired) electrons. The third-order valence-corrected chi connectivity index (χ3v) is 4.70. The maximum Gasteiger partial charge on any atom is 0.347 e. The van der Waals surface area contributed by atoms with Crippen molar-refractivity contribution in [3.05, 3.63) is 34.6 Å². The predicted octanol–water partition coefficient (Wildman–Crippen LogP) is 3.91. The Morgan fingerprint density at radius 2 is 2.29 bits per heavy atom. The number of nitrogens with zero attached hydrogens (tertiary/aromatic N) is 1. The summed E-state index contributed by atoms with van der Waals surface area (Å²) in [4.78, 5) is 16.3. The lowest BCUT2D eigenvalue weighted by Crippen LogP contribution is -1.99. The summed E-state index contributed by atoms with van der Waals surface area (Å²) in [6.45, 7) is 2.06. The summed E-state index contributed by atoms with van der Waals surface area (Å²) >= 11 is 2.47. The van der Waals surface area contributed by atoms with Crippen LogP contribution in [-0.2, 0) is 11.3 Å². The second-order valence-electron chi connectivity index (χ2n) is 4.08. The van der Waals surface area contributed by atoms with Crippen LogP contribution in [0.3, 0.4) is 0 Å². The van der Waals surface area contributed by atoms with Gasteiger partial charge in [-0.1, -0.05) is 13.0 Å². The molecule has 1 aromatic heterocycles. The lowest BCUT2D eigenvalue weighted by molar-refractivity contribution is 0.0697. The SMILES string of the molecule is CCSc1cccc(F)c1-c1nc(COC)c(C(=O)O)s1. The lowest BCUT2D eigenvalue weighted by atomic mass is 10.2. The van der Waals surface area contributed by atoms with Crippen LogP contribution in [0.15, 0.2) is 23.1 Å². The van der Waals surface area contributed by atoms with Crippen LogP contribution in [0, 0.1) is 5.82 Å². The normalized spacial score (nSPS) is 10.8. The number of rotatable bonds is 6. The van der Waals surface area contributed by atoms with Crippen LogP contribution < -0.4 is 0 Å². The van der Waals surface area contributed by atoms with Crippen molar-refractivity contribution >= 4 is 29.1 Å². The van der Waals surface area contributed by atoms with Gasteiger partial charge < -0.3 is 9.84 Å². The van der Waals surface area contributed by atoms with Crippen LogP contribution in [-0.4, -0.2) is 28.9 Å². The molecule has 0 atom stereocenters. The Balaban J connectivity index is 2.56. The number of thiazole rings is 1. The van der Waals surface area contributed by atoms with Gasteiger partial charge in [0.1, 0.15) is 15.7 Å². The van der Waals surface area contributed by atoms with Gasteiger partial charge in [0, 0.05) is 12.0 Å². The Bertz CT molecular complexity index is 658. The summed E-state index contributed by atoms with van der Waals surface area (Å²) in [6, 6.07) is 4.80. The van der Waals surface area contributed by atoms with Gasteiger partial charge in [-0.3, -0.25) is 0 Å². The molecular formula is C14H14FNO3S2. The van der Waals surface area contributed by atoms with E-state index in [2.05, 4.69) is 4.98 Å². The van der Waals surface area contributed by atoms with Crippen LogP contribution in [0.5, 0.6) is 0 Å². The molecule has 1 aromatic carbocycles. The molecule has 0 aliphatic heterocycles. The summed E-state index contributed by atoms with van der Waals surface area (Å²) in [5, 5.41) is 9.58. The molecule has 0 spiro atoms. The molecule has 1 N–H and O–H groups in total. The second kappa shape index (κ2) is 7.02. The molecule has 1 heterocycles. The van der Waals surface area contributed by atoms with Crippen LogP contribution in [0.1, 0.15) is 22.3 Å². The molecular weight excluding hydrogens is 313 g/mol. The summed E-state index contributed by atoms with van der Waals surface area (Å²) in [7, 11) is 1.46. The highest BCUT2D eigenvalue weighted by Crippen LogP contribution is 2.37. The van der Waals surface area contributed by atoms with Crippen molar-refractivity contribution < 1.29 is 19.0 Å². The Morgan fingerprint density at radius 3 is 2.90 bits per heavy atom. The average Bonchev–Trinajstić information content (AvgIpc) is 2.83. The van der Waals surface area contributed by atoms with Gasteiger partial charge in [-0.2, -0.15) is 0 Å². The number of aromatic carboxylic acids is 1. The van der Waals surface area contributed by atoms with E-state index >= 15 is 0 Å². The van der Waals surface area contributed by atoms with Gasteiger partial charge in [0.2, 0.25) is 0 Å². The third-order valence-electron chi connectivity index (χ3n) is 2.66. The summed E-state index contributed by atoms with van der Waals surface area (Å²) in [6.07, 6.45) is 0. The topological polar surface area (TPSA) is 59.4 Å². The van der Waals surface area contributed by atoms with E-state index in [1.807, 2.05) is 13.0 Å². The number of thioether (sulfide) groups is 1. The van der Waals surface area contributed by atoms with Gasteiger partial charge in [-0.15, -0.1) is 23.1 Å². The fourth-order valence-corrected chi connectivity index (χ4v) is 3.71. The monoisotopic (exact) mass is 327 g/mol. The number of aromatic nitrogens is 1. The number of benzene rings is 1. The number of carboxylic acid groups (broad SMARTS) is 1. The van der Waals surface area contributed by atoms with Crippen molar-refractivity contribution in [1.29, 1.82) is 0 Å². The first-order valence-electron chi connectivity index (χ1n) is 6.22. The first-order chi connectivity index (χ1) is 10.1. The van der Waals surface area contributed by atoms with E-state index in [0.29, 0.717) is 16.3 Å². The molecule has 0 aliphatic rings. The van der Waals surface area contributed by atoms with Crippen molar-refractivity contribution in [3.63, 3.8) is 0 Å². The van der Waals surface area contributed by atoms with E-state index in [-0.39, 0.29) is 11.5 Å². The van der Waals surface area contributed by atoms with Crippen molar-refractivity contribution in [1.82, 2.24) is 4.98 Å². The van der Waals surface area contributed by atoms with E-state index in [0.717, 1.165) is 22.0 Å². The smallest absolute Gasteiger partial charge is 0.347 e. The minimum absolute atomic E-state index is 0.0857. The average molecular weight is 327 g/mol. The molecule has 4 nitrogen and oxygen atoms in total. The highest BCUT2D eigenvalue weighted by Gasteiger charge is 2.21. The number of carbonyl (C=O) groups is 1. The maximum absolute atomic E-state index is 14.2. The van der Waals surface area contributed by atoms with Crippen molar-refractivity contribution in [2.45, 2.75) is 18.4 Å². The zero-order valence-electron chi connectivity index (χ0n) is 11.6. The minimum Gasteiger partial charge on any atom is -0.477 e. The molecule has 7 heteroatoms. The second-order valence-corrected chi connectivity index (χ2v) is 6.38. The largest absolute Gasteiger partial charge is 0.477 e. The molecule has 0 aliphatic carbocycles. The van der Waals surface area contributed by atoms with Crippen molar-refractivity contribution in [2.75, 3.05) is 12.9 Å². The number of halogens is 1. The van der Waals surface area contributed by atoms with Gasteiger partial charge >= 0.3 is 5.97 Å². The van der Waals surface area contributed by atoms with E-state index < -0.39 is 11.8 Å². The van der Waals surface area contributed by atoms with Crippen LogP contribution in [0.25, 0.3) is 10.6 Å². The van der Waals surface area contributed by atoms with E-state index in [9.17, 15) is 14.3 Å². The van der Waals surface area contributed by atoms with Crippen LogP contribution >= 0.6 is 23.1 Å². The number of hydrogen-bond acceptors (Lipinski definition) is 5. The van der Waals surface area contributed by atoms with E-state index in [4.69, 9.17) is 4.74 Å². The highest BCUT2D eigenvalue weighted by molar-refractivity contribution is 7.99. The van der Waals surface area contributed by atoms with Gasteiger partial charge in [0.15, 0.2) is 0 Å². The number of hydrogen-bond donors (Lipinski definition) is 1. The van der Waals surface area contributed by atoms with Gasteiger partial charge in [0.25, 0.3) is 0 Å². The number of carboxylic acids is 1. The fourth-order valence-electron chi connectivity index (χ4n) is 1.85. The van der Waals surface area contributed by atoms with E-state index in [1.165, 1.54) is 24.9 Å². The molecule has 0 amide bonds. The van der Waals surface area contributed by atoms with Gasteiger partial charge in [-0.05, 0) is 17.9 Å². The molecule has 0 saturated carbocycles. The Kier molecular flexibility index (Phi) is 5.33. The Hall–Kier alpha value is -1.44. The summed E-state index contributed by atoms with van der Waals surface area (Å²) in [5.41, 5.74) is 0.680. The lowest BCUT2D eigenvalue weighted by Gasteiger charge is -2.06. The van der Waals surface area contributed by atoms with Gasteiger partial charge in [-0.25, -0.2) is 14.2 Å². The number of methoxy groups -OCH3 is 1. The molecule has 0 bridgehead atoms. The predicted molar refractivity (Wildman–Crippen MR) is 81.6 cm³/mol. The Labute approximate surface area is 130 Å². The third kappa shape index (κ3) is 3.42. The van der Waals surface area contributed by atoms with Gasteiger partial charge in [0.05, 0.1) is 17.9 Å². The molecule has 0 unspecified atom stereocenters. The molecule has 2 rings (SSSR count). The maximum atomic E-state index is 14.2. The zero-order chi connectivity index (χ0) is 15.4. The quantitative estimate of drug-likeness (QED) is 0.815. The highest BCUT2D eigenvalue weighted by atomic mass is 32.2. The van der Waals surface area contributed by atoms with Crippen molar-refractivity contribution in [2.24, 2.45) is 0 Å². The Morgan fingerprint density at radius 1 is 1.52 bits per heavy atom. The molecule has 2 aromatic rings. The molecule has 21 heavy (non-hydrogen) atoms. The summed E-state index contributed by atoms with van der Waals surface area (Å²) in [5.74, 6) is -0.687. The molecule has 112 valence electrons. The van der Waals surface area contributed by atoms with E-state index in [1.54, 1.807) is 6.07 Å². The molecule has 0 saturated heterocycles. The first kappa shape index (κ1) is 15.9. The summed E-state index contributed by atoms with van der Waals surface area (Å²) < 4.78 is 19.1. The molecule has 0 fully saturated rings. The van der Waals surface area contributed by atoms with Crippen LogP contribution in [0.4, 0.5) is 4.39 Å². The number of ether oxygens (including phenoxy) is 1. The minimum atomic E-state index is -1.08. The van der Waals surface area contributed by atoms with Crippen molar-refractivity contribution in [3.8, 4) is 10.6 Å². The first-order valence-corrected chi connectivity index (χ1v) is 8.02. The van der Waals surface area contributed by atoms with Crippen LogP contribution in [0.2, 0.25) is 0 Å².